The van der Waals surface area contributed by atoms with Gasteiger partial charge in [0.25, 0.3) is 0 Å². The molecule has 0 N–H and O–H groups in total. The largest absolute Gasteiger partial charge is 0.338 e. The van der Waals surface area contributed by atoms with Gasteiger partial charge in [0, 0.05) is 26.1 Å². The summed E-state index contributed by atoms with van der Waals surface area (Å²) in [6.45, 7) is 2.25. The van der Waals surface area contributed by atoms with Crippen molar-refractivity contribution in [1.82, 2.24) is 19.7 Å². The summed E-state index contributed by atoms with van der Waals surface area (Å²) in [7, 11) is 0. The summed E-state index contributed by atoms with van der Waals surface area (Å²) < 4.78 is 2.02. The molecule has 5 nitrogen and oxygen atoms in total. The van der Waals surface area contributed by atoms with Crippen LogP contribution in [0.4, 0.5) is 0 Å². The lowest BCUT2D eigenvalue weighted by atomic mass is 9.95. The molecule has 118 valence electrons. The molecule has 2 aliphatic heterocycles. The van der Waals surface area contributed by atoms with E-state index in [2.05, 4.69) is 28.4 Å². The normalized spacial score (nSPS) is 20.8. The fraction of sp³-hybridized carbons (Fsp3) is 0.389. The van der Waals surface area contributed by atoms with Crippen molar-refractivity contribution >= 4 is 11.5 Å². The van der Waals surface area contributed by atoms with Crippen molar-refractivity contribution in [2.45, 2.75) is 25.8 Å². The van der Waals surface area contributed by atoms with Gasteiger partial charge in [-0.1, -0.05) is 36.4 Å². The van der Waals surface area contributed by atoms with Gasteiger partial charge in [-0.3, -0.25) is 4.79 Å². The molecule has 1 aromatic heterocycles. The monoisotopic (exact) mass is 308 g/mol. The third-order valence-corrected chi connectivity index (χ3v) is 4.79. The van der Waals surface area contributed by atoms with E-state index in [1.165, 1.54) is 11.1 Å². The summed E-state index contributed by atoms with van der Waals surface area (Å²) in [5.41, 5.74) is 2.47. The van der Waals surface area contributed by atoms with E-state index in [4.69, 9.17) is 0 Å². The van der Waals surface area contributed by atoms with Crippen molar-refractivity contribution < 1.29 is 4.79 Å². The molecule has 0 radical (unpaired) electrons. The van der Waals surface area contributed by atoms with Crippen LogP contribution in [-0.2, 0) is 17.8 Å². The Morgan fingerprint density at radius 1 is 1.22 bits per heavy atom. The first-order chi connectivity index (χ1) is 11.3. The summed E-state index contributed by atoms with van der Waals surface area (Å²) in [4.78, 5) is 14.9. The van der Waals surface area contributed by atoms with Crippen LogP contribution in [0.2, 0.25) is 0 Å². The quantitative estimate of drug-likeness (QED) is 0.854. The van der Waals surface area contributed by atoms with Crippen LogP contribution in [0.1, 0.15) is 24.2 Å². The highest BCUT2D eigenvalue weighted by atomic mass is 16.2. The van der Waals surface area contributed by atoms with Gasteiger partial charge in [-0.05, 0) is 24.0 Å². The van der Waals surface area contributed by atoms with Crippen molar-refractivity contribution in [3.8, 4) is 0 Å². The second-order valence-electron chi connectivity index (χ2n) is 6.28. The Hall–Kier alpha value is -2.43. The van der Waals surface area contributed by atoms with Crippen LogP contribution in [-0.4, -0.2) is 38.7 Å². The van der Waals surface area contributed by atoms with Crippen LogP contribution < -0.4 is 0 Å². The molecule has 2 aromatic rings. The van der Waals surface area contributed by atoms with Gasteiger partial charge in [0.2, 0.25) is 5.91 Å². The Balaban J connectivity index is 1.47. The lowest BCUT2D eigenvalue weighted by Gasteiger charge is -2.32. The minimum atomic E-state index is 0.0497. The predicted molar refractivity (Wildman–Crippen MR) is 87.4 cm³/mol. The maximum atomic E-state index is 12.9. The molecule has 0 aliphatic carbocycles. The first-order valence-electron chi connectivity index (χ1n) is 8.21. The topological polar surface area (TPSA) is 51.0 Å². The molecular formula is C18H20N4O. The standard InChI is InChI=1S/C18H20N4O/c23-18(16-8-9-17-20-19-13-22(17)12-16)21-10-4-7-15(11-21)14-5-2-1-3-6-14/h1-3,5-7,13,16H,4,8-12H2. The number of carbonyl (C=O) groups excluding carboxylic acids is 1. The van der Waals surface area contributed by atoms with Gasteiger partial charge >= 0.3 is 0 Å². The van der Waals surface area contributed by atoms with Crippen molar-refractivity contribution in [2.24, 2.45) is 5.92 Å². The smallest absolute Gasteiger partial charge is 0.227 e. The van der Waals surface area contributed by atoms with E-state index in [-0.39, 0.29) is 11.8 Å². The second kappa shape index (κ2) is 5.99. The molecule has 2 aliphatic rings. The predicted octanol–water partition coefficient (Wildman–Crippen LogP) is 2.16. The molecule has 0 spiro atoms. The lowest BCUT2D eigenvalue weighted by molar-refractivity contribution is -0.136. The Kier molecular flexibility index (Phi) is 3.69. The van der Waals surface area contributed by atoms with Crippen molar-refractivity contribution in [1.29, 1.82) is 0 Å². The zero-order chi connectivity index (χ0) is 15.6. The maximum Gasteiger partial charge on any atom is 0.227 e. The Bertz CT molecular complexity index is 734. The first-order valence-corrected chi connectivity index (χ1v) is 8.21. The summed E-state index contributed by atoms with van der Waals surface area (Å²) >= 11 is 0. The van der Waals surface area contributed by atoms with Gasteiger partial charge in [-0.2, -0.15) is 0 Å². The summed E-state index contributed by atoms with van der Waals surface area (Å²) in [5.74, 6) is 1.32. The van der Waals surface area contributed by atoms with E-state index in [0.717, 1.165) is 31.6 Å². The van der Waals surface area contributed by atoms with Crippen LogP contribution in [0.15, 0.2) is 42.7 Å². The highest BCUT2D eigenvalue weighted by Crippen LogP contribution is 2.25. The van der Waals surface area contributed by atoms with Crippen LogP contribution in [0.3, 0.4) is 0 Å². The van der Waals surface area contributed by atoms with Gasteiger partial charge in [0.05, 0.1) is 5.92 Å². The Labute approximate surface area is 135 Å². The number of fused-ring (bicyclic) bond motifs is 1. The Morgan fingerprint density at radius 3 is 2.96 bits per heavy atom. The minimum Gasteiger partial charge on any atom is -0.338 e. The molecule has 3 heterocycles. The number of amides is 1. The molecule has 0 bridgehead atoms. The number of aryl methyl sites for hydroxylation is 1. The molecule has 1 atom stereocenters. The fourth-order valence-electron chi connectivity index (χ4n) is 3.51. The van der Waals surface area contributed by atoms with E-state index >= 15 is 0 Å². The molecule has 0 saturated carbocycles. The lowest BCUT2D eigenvalue weighted by Crippen LogP contribution is -2.42. The van der Waals surface area contributed by atoms with Gasteiger partial charge in [0.1, 0.15) is 12.2 Å². The number of hydrogen-bond donors (Lipinski definition) is 0. The fourth-order valence-corrected chi connectivity index (χ4v) is 3.51. The van der Waals surface area contributed by atoms with Crippen LogP contribution in [0.5, 0.6) is 0 Å². The zero-order valence-corrected chi connectivity index (χ0v) is 13.1. The number of aromatic nitrogens is 3. The number of benzene rings is 1. The van der Waals surface area contributed by atoms with E-state index < -0.39 is 0 Å². The molecule has 4 rings (SSSR count). The highest BCUT2D eigenvalue weighted by Gasteiger charge is 2.30. The molecule has 1 amide bonds. The number of hydrogen-bond acceptors (Lipinski definition) is 3. The van der Waals surface area contributed by atoms with Gasteiger partial charge < -0.3 is 9.47 Å². The first kappa shape index (κ1) is 14.2. The van der Waals surface area contributed by atoms with Crippen molar-refractivity contribution in [2.75, 3.05) is 13.1 Å². The van der Waals surface area contributed by atoms with Crippen molar-refractivity contribution in [3.05, 3.63) is 54.1 Å². The van der Waals surface area contributed by atoms with Crippen molar-refractivity contribution in [3.63, 3.8) is 0 Å². The number of carbonyl (C=O) groups is 1. The molecule has 0 fully saturated rings. The van der Waals surface area contributed by atoms with Gasteiger partial charge in [-0.25, -0.2) is 0 Å². The SMILES string of the molecule is O=C(C1CCc2nncn2C1)N1CCC=C(c2ccccc2)C1. The van der Waals surface area contributed by atoms with E-state index in [9.17, 15) is 4.79 Å². The van der Waals surface area contributed by atoms with E-state index in [1.807, 2.05) is 27.7 Å². The molecule has 5 heteroatoms. The van der Waals surface area contributed by atoms with E-state index in [1.54, 1.807) is 6.33 Å². The summed E-state index contributed by atoms with van der Waals surface area (Å²) in [6, 6.07) is 10.3. The van der Waals surface area contributed by atoms with Gasteiger partial charge in [0.15, 0.2) is 0 Å². The van der Waals surface area contributed by atoms with Crippen LogP contribution in [0, 0.1) is 5.92 Å². The van der Waals surface area contributed by atoms with Crippen LogP contribution in [0.25, 0.3) is 5.57 Å². The average molecular weight is 308 g/mol. The summed E-state index contributed by atoms with van der Waals surface area (Å²) in [6.07, 6.45) is 6.64. The van der Waals surface area contributed by atoms with Crippen LogP contribution >= 0.6 is 0 Å². The third-order valence-electron chi connectivity index (χ3n) is 4.79. The second-order valence-corrected chi connectivity index (χ2v) is 6.28. The zero-order valence-electron chi connectivity index (χ0n) is 13.1. The Morgan fingerprint density at radius 2 is 2.09 bits per heavy atom. The highest BCUT2D eigenvalue weighted by molar-refractivity contribution is 5.82. The van der Waals surface area contributed by atoms with E-state index in [0.29, 0.717) is 13.1 Å². The molecule has 1 unspecified atom stereocenters. The number of rotatable bonds is 2. The van der Waals surface area contributed by atoms with Gasteiger partial charge in [-0.15, -0.1) is 10.2 Å². The average Bonchev–Trinajstić information content (AvgIpc) is 3.09. The number of nitrogens with zero attached hydrogens (tertiary/aromatic N) is 4. The molecule has 23 heavy (non-hydrogen) atoms. The summed E-state index contributed by atoms with van der Waals surface area (Å²) in [5, 5.41) is 8.03. The third kappa shape index (κ3) is 2.79. The minimum absolute atomic E-state index is 0.0497. The molecular weight excluding hydrogens is 288 g/mol. The maximum absolute atomic E-state index is 12.9. The molecule has 0 saturated heterocycles. The molecule has 1 aromatic carbocycles.